The molecule has 0 atom stereocenters. The number of carboxylic acid groups (broad SMARTS) is 1. The van der Waals surface area contributed by atoms with Gasteiger partial charge in [0.05, 0.1) is 20.6 Å². The number of amides is 1. The number of nitrogens with zero attached hydrogens (tertiary/aromatic N) is 1. The van der Waals surface area contributed by atoms with Crippen LogP contribution >= 0.6 is 0 Å². The fourth-order valence-electron chi connectivity index (χ4n) is 4.66. The van der Waals surface area contributed by atoms with Crippen molar-refractivity contribution in [2.24, 2.45) is 0 Å². The SMILES string of the molecule is CCCCCCCCCCCCCCCC[N+](C)(C)Cc1ccccc1.O=C(O)NCc1ccccc1. The molecule has 0 bridgehead atoms. The monoisotopic (exact) mass is 511 g/mol. The molecule has 2 N–H and O–H groups in total. The molecule has 2 aromatic rings. The molecule has 208 valence electrons. The Morgan fingerprint density at radius 2 is 1.05 bits per heavy atom. The van der Waals surface area contributed by atoms with Crippen molar-refractivity contribution in [1.29, 1.82) is 0 Å². The van der Waals surface area contributed by atoms with Crippen molar-refractivity contribution >= 4 is 6.09 Å². The molecule has 1 amide bonds. The molecule has 37 heavy (non-hydrogen) atoms. The van der Waals surface area contributed by atoms with Gasteiger partial charge in [-0.1, -0.05) is 145 Å². The number of carbonyl (C=O) groups is 1. The summed E-state index contributed by atoms with van der Waals surface area (Å²) in [5.74, 6) is 0. The zero-order chi connectivity index (χ0) is 27.0. The van der Waals surface area contributed by atoms with E-state index in [4.69, 9.17) is 5.11 Å². The molecule has 0 spiro atoms. The normalized spacial score (nSPS) is 11.0. The molecular formula is C33H55N2O2+. The largest absolute Gasteiger partial charge is 0.465 e. The summed E-state index contributed by atoms with van der Waals surface area (Å²) in [6, 6.07) is 20.3. The summed E-state index contributed by atoms with van der Waals surface area (Å²) >= 11 is 0. The summed E-state index contributed by atoms with van der Waals surface area (Å²) in [5, 5.41) is 10.5. The summed E-state index contributed by atoms with van der Waals surface area (Å²) in [7, 11) is 4.74. The van der Waals surface area contributed by atoms with Crippen LogP contribution in [0, 0.1) is 0 Å². The summed E-state index contributed by atoms with van der Waals surface area (Å²) < 4.78 is 1.11. The maximum Gasteiger partial charge on any atom is 0.404 e. The molecule has 0 saturated carbocycles. The predicted octanol–water partition coefficient (Wildman–Crippen LogP) is 9.20. The van der Waals surface area contributed by atoms with Gasteiger partial charge in [0.1, 0.15) is 6.54 Å². The van der Waals surface area contributed by atoms with Gasteiger partial charge in [-0.25, -0.2) is 4.79 Å². The van der Waals surface area contributed by atoms with Crippen LogP contribution in [0.25, 0.3) is 0 Å². The summed E-state index contributed by atoms with van der Waals surface area (Å²) in [4.78, 5) is 10.1. The van der Waals surface area contributed by atoms with Gasteiger partial charge in [-0.15, -0.1) is 0 Å². The van der Waals surface area contributed by atoms with E-state index in [1.807, 2.05) is 30.3 Å². The molecular weight excluding hydrogens is 456 g/mol. The third-order valence-electron chi connectivity index (χ3n) is 6.86. The Hall–Kier alpha value is -2.33. The summed E-state index contributed by atoms with van der Waals surface area (Å²) in [5.41, 5.74) is 2.43. The number of quaternary nitrogens is 1. The molecule has 0 aromatic heterocycles. The molecule has 2 rings (SSSR count). The van der Waals surface area contributed by atoms with E-state index in [0.29, 0.717) is 6.54 Å². The first kappa shape index (κ1) is 32.7. The van der Waals surface area contributed by atoms with Gasteiger partial charge < -0.3 is 14.9 Å². The predicted molar refractivity (Wildman–Crippen MR) is 159 cm³/mol. The second-order valence-electron chi connectivity index (χ2n) is 11.0. The fraction of sp³-hybridized carbons (Fsp3) is 0.606. The van der Waals surface area contributed by atoms with Crippen LogP contribution in [0.1, 0.15) is 108 Å². The van der Waals surface area contributed by atoms with Crippen LogP contribution in [0.3, 0.4) is 0 Å². The average molecular weight is 512 g/mol. The second-order valence-corrected chi connectivity index (χ2v) is 11.0. The second kappa shape index (κ2) is 21.7. The number of benzene rings is 2. The maximum absolute atomic E-state index is 10.1. The topological polar surface area (TPSA) is 49.3 Å². The minimum Gasteiger partial charge on any atom is -0.465 e. The van der Waals surface area contributed by atoms with Crippen LogP contribution in [-0.2, 0) is 13.1 Å². The molecule has 0 heterocycles. The van der Waals surface area contributed by atoms with Crippen molar-refractivity contribution in [2.75, 3.05) is 20.6 Å². The van der Waals surface area contributed by atoms with Gasteiger partial charge in [0.25, 0.3) is 0 Å². The van der Waals surface area contributed by atoms with Gasteiger partial charge in [-0.2, -0.15) is 0 Å². The average Bonchev–Trinajstić information content (AvgIpc) is 2.89. The molecule has 0 unspecified atom stereocenters. The Morgan fingerprint density at radius 1 is 0.649 bits per heavy atom. The fourth-order valence-corrected chi connectivity index (χ4v) is 4.66. The van der Waals surface area contributed by atoms with E-state index in [1.54, 1.807) is 0 Å². The van der Waals surface area contributed by atoms with Crippen LogP contribution < -0.4 is 5.32 Å². The molecule has 0 radical (unpaired) electrons. The zero-order valence-electron chi connectivity index (χ0n) is 24.1. The molecule has 0 aliphatic carbocycles. The first-order valence-corrected chi connectivity index (χ1v) is 14.8. The van der Waals surface area contributed by atoms with E-state index < -0.39 is 6.09 Å². The van der Waals surface area contributed by atoms with Crippen molar-refractivity contribution in [1.82, 2.24) is 5.32 Å². The van der Waals surface area contributed by atoms with Gasteiger partial charge in [0.2, 0.25) is 0 Å². The lowest BCUT2D eigenvalue weighted by molar-refractivity contribution is -0.903. The number of hydrogen-bond donors (Lipinski definition) is 2. The number of nitrogens with one attached hydrogen (secondary N) is 1. The zero-order valence-corrected chi connectivity index (χ0v) is 24.1. The lowest BCUT2D eigenvalue weighted by Crippen LogP contribution is -2.39. The summed E-state index contributed by atoms with van der Waals surface area (Å²) in [6.07, 6.45) is 19.2. The Bertz CT molecular complexity index is 777. The lowest BCUT2D eigenvalue weighted by atomic mass is 10.0. The number of hydrogen-bond acceptors (Lipinski definition) is 1. The quantitative estimate of drug-likeness (QED) is 0.146. The van der Waals surface area contributed by atoms with Crippen LogP contribution in [-0.4, -0.2) is 36.3 Å². The Morgan fingerprint density at radius 3 is 1.49 bits per heavy atom. The van der Waals surface area contributed by atoms with Crippen LogP contribution in [0.15, 0.2) is 60.7 Å². The van der Waals surface area contributed by atoms with Crippen molar-refractivity contribution in [3.63, 3.8) is 0 Å². The van der Waals surface area contributed by atoms with Crippen molar-refractivity contribution in [2.45, 2.75) is 110 Å². The highest BCUT2D eigenvalue weighted by atomic mass is 16.4. The lowest BCUT2D eigenvalue weighted by Gasteiger charge is -2.30. The molecule has 0 aliphatic heterocycles. The first-order chi connectivity index (χ1) is 17.9. The van der Waals surface area contributed by atoms with E-state index in [0.717, 1.165) is 16.6 Å². The minimum atomic E-state index is -0.992. The third-order valence-corrected chi connectivity index (χ3v) is 6.86. The van der Waals surface area contributed by atoms with E-state index in [-0.39, 0.29) is 0 Å². The van der Waals surface area contributed by atoms with Gasteiger partial charge in [0, 0.05) is 12.1 Å². The van der Waals surface area contributed by atoms with Crippen LogP contribution in [0.2, 0.25) is 0 Å². The van der Waals surface area contributed by atoms with Gasteiger partial charge in [0.15, 0.2) is 0 Å². The van der Waals surface area contributed by atoms with Crippen LogP contribution in [0.5, 0.6) is 0 Å². The minimum absolute atomic E-state index is 0.371. The van der Waals surface area contributed by atoms with Crippen molar-refractivity contribution < 1.29 is 14.4 Å². The Labute approximate surface area is 228 Å². The molecule has 0 aliphatic rings. The number of unbranched alkanes of at least 4 members (excludes halogenated alkanes) is 13. The Balaban J connectivity index is 0.000000516. The molecule has 2 aromatic carbocycles. The van der Waals surface area contributed by atoms with Gasteiger partial charge in [-0.05, 0) is 18.4 Å². The summed E-state index contributed by atoms with van der Waals surface area (Å²) in [6.45, 7) is 5.12. The van der Waals surface area contributed by atoms with Crippen molar-refractivity contribution in [3.05, 3.63) is 71.8 Å². The van der Waals surface area contributed by atoms with E-state index in [9.17, 15) is 4.79 Å². The van der Waals surface area contributed by atoms with E-state index in [1.165, 1.54) is 102 Å². The first-order valence-electron chi connectivity index (χ1n) is 14.8. The van der Waals surface area contributed by atoms with Crippen molar-refractivity contribution in [3.8, 4) is 0 Å². The smallest absolute Gasteiger partial charge is 0.404 e. The van der Waals surface area contributed by atoms with Crippen LogP contribution in [0.4, 0.5) is 4.79 Å². The van der Waals surface area contributed by atoms with Gasteiger partial charge >= 0.3 is 6.09 Å². The molecule has 0 saturated heterocycles. The molecule has 0 fully saturated rings. The third kappa shape index (κ3) is 20.4. The van der Waals surface area contributed by atoms with Gasteiger partial charge in [-0.3, -0.25) is 0 Å². The highest BCUT2D eigenvalue weighted by molar-refractivity contribution is 5.64. The van der Waals surface area contributed by atoms with E-state index >= 15 is 0 Å². The van der Waals surface area contributed by atoms with E-state index in [2.05, 4.69) is 56.7 Å². The maximum atomic E-state index is 10.1. The molecule has 4 nitrogen and oxygen atoms in total. The Kier molecular flexibility index (Phi) is 19.2. The highest BCUT2D eigenvalue weighted by Gasteiger charge is 2.14. The molecule has 4 heteroatoms. The standard InChI is InChI=1S/C25H46N.C8H9NO2/c1-4-5-6-7-8-9-10-11-12-13-14-15-16-20-23-26(2,3)24-25-21-18-17-19-22-25;10-8(11)9-6-7-4-2-1-3-5-7/h17-19,21-22H,4-16,20,23-24H2,1-3H3;1-5,9H,6H2,(H,10,11)/q+1;. The highest BCUT2D eigenvalue weighted by Crippen LogP contribution is 2.15. The number of rotatable bonds is 19.